The molecule has 0 bridgehead atoms. The molecule has 1 fully saturated rings. The molecule has 150 valence electrons. The Morgan fingerprint density at radius 3 is 1.50 bits per heavy atom. The van der Waals surface area contributed by atoms with Crippen LogP contribution in [0.3, 0.4) is 0 Å². The van der Waals surface area contributed by atoms with Gasteiger partial charge in [-0.1, -0.05) is 0 Å². The van der Waals surface area contributed by atoms with Crippen molar-refractivity contribution in [3.05, 3.63) is 0 Å². The molecule has 0 aromatic rings. The maximum absolute atomic E-state index is 11.1. The van der Waals surface area contributed by atoms with Crippen LogP contribution in [0.5, 0.6) is 0 Å². The van der Waals surface area contributed by atoms with E-state index in [1.54, 1.807) is 4.90 Å². The van der Waals surface area contributed by atoms with Crippen LogP contribution < -0.4 is 5.32 Å². The van der Waals surface area contributed by atoms with Crippen molar-refractivity contribution in [1.82, 2.24) is 20.0 Å². The average molecular weight is 374 g/mol. The maximum atomic E-state index is 11.1. The lowest BCUT2D eigenvalue weighted by Gasteiger charge is -2.28. The smallest absolute Gasteiger partial charge is 0.317 e. The van der Waals surface area contributed by atoms with Gasteiger partial charge in [0.25, 0.3) is 0 Å². The molecule has 1 aliphatic rings. The van der Waals surface area contributed by atoms with Crippen LogP contribution >= 0.6 is 0 Å². The minimum Gasteiger partial charge on any atom is -0.480 e. The number of carbonyl (C=O) groups is 3. The molecule has 4 N–H and O–H groups in total. The lowest BCUT2D eigenvalue weighted by atomic mass is 10.3. The zero-order valence-electron chi connectivity index (χ0n) is 15.1. The Balaban J connectivity index is 2.67. The second-order valence-electron chi connectivity index (χ2n) is 6.47. The standard InChI is InChI=1S/C16H30N4O6/c21-14(22)11-18-6-2-7-20(13-16(25)26)10-9-19(12-15(23)24)5-1-3-17-4-8-18/h17H,1-13H2,(H,21,22)(H,23,24)(H,25,26). The topological polar surface area (TPSA) is 134 Å². The Morgan fingerprint density at radius 2 is 1.04 bits per heavy atom. The van der Waals surface area contributed by atoms with E-state index >= 15 is 0 Å². The molecular weight excluding hydrogens is 344 g/mol. The first kappa shape index (κ1) is 22.3. The summed E-state index contributed by atoms with van der Waals surface area (Å²) in [6.07, 6.45) is 1.42. The summed E-state index contributed by atoms with van der Waals surface area (Å²) >= 11 is 0. The molecule has 0 aliphatic carbocycles. The first-order valence-electron chi connectivity index (χ1n) is 8.90. The Labute approximate surface area is 153 Å². The molecular formula is C16H30N4O6. The van der Waals surface area contributed by atoms with Crippen LogP contribution in [0.25, 0.3) is 0 Å². The minimum absolute atomic E-state index is 0.0347. The molecule has 10 nitrogen and oxygen atoms in total. The zero-order valence-corrected chi connectivity index (χ0v) is 15.1. The number of aliphatic carboxylic acids is 3. The van der Waals surface area contributed by atoms with Crippen molar-refractivity contribution in [1.29, 1.82) is 0 Å². The van der Waals surface area contributed by atoms with Crippen LogP contribution in [0, 0.1) is 0 Å². The predicted molar refractivity (Wildman–Crippen MR) is 94.3 cm³/mol. The fourth-order valence-electron chi connectivity index (χ4n) is 2.97. The van der Waals surface area contributed by atoms with E-state index in [0.717, 1.165) is 13.0 Å². The van der Waals surface area contributed by atoms with Crippen LogP contribution in [-0.2, 0) is 14.4 Å². The molecule has 0 amide bonds. The van der Waals surface area contributed by atoms with Crippen molar-refractivity contribution in [2.75, 3.05) is 72.0 Å². The highest BCUT2D eigenvalue weighted by Gasteiger charge is 2.16. The van der Waals surface area contributed by atoms with Crippen molar-refractivity contribution in [3.63, 3.8) is 0 Å². The summed E-state index contributed by atoms with van der Waals surface area (Å²) in [5.74, 6) is -2.70. The number of carboxylic acid groups (broad SMARTS) is 3. The summed E-state index contributed by atoms with van der Waals surface area (Å²) in [5.41, 5.74) is 0. The summed E-state index contributed by atoms with van der Waals surface area (Å²) in [6.45, 7) is 4.43. The van der Waals surface area contributed by atoms with Crippen LogP contribution in [0.4, 0.5) is 0 Å². The Bertz CT molecular complexity index is 462. The number of rotatable bonds is 6. The van der Waals surface area contributed by atoms with Crippen molar-refractivity contribution < 1.29 is 29.7 Å². The van der Waals surface area contributed by atoms with Crippen molar-refractivity contribution >= 4 is 17.9 Å². The first-order valence-corrected chi connectivity index (χ1v) is 8.90. The largest absolute Gasteiger partial charge is 0.480 e. The molecule has 26 heavy (non-hydrogen) atoms. The molecule has 1 rings (SSSR count). The Hall–Kier alpha value is -1.75. The molecule has 0 unspecified atom stereocenters. The van der Waals surface area contributed by atoms with E-state index in [0.29, 0.717) is 52.2 Å². The SMILES string of the molecule is O=C(O)CN1CCCN(CC(=O)O)CCN(CC(=O)O)CCCNCC1. The van der Waals surface area contributed by atoms with E-state index < -0.39 is 17.9 Å². The monoisotopic (exact) mass is 374 g/mol. The highest BCUT2D eigenvalue weighted by Crippen LogP contribution is 2.00. The van der Waals surface area contributed by atoms with Gasteiger partial charge in [0.05, 0.1) is 19.6 Å². The zero-order chi connectivity index (χ0) is 19.4. The second-order valence-corrected chi connectivity index (χ2v) is 6.47. The van der Waals surface area contributed by atoms with Gasteiger partial charge in [0.15, 0.2) is 0 Å². The van der Waals surface area contributed by atoms with Gasteiger partial charge < -0.3 is 20.6 Å². The quantitative estimate of drug-likeness (QED) is 0.436. The average Bonchev–Trinajstić information content (AvgIpc) is 2.52. The molecule has 0 radical (unpaired) electrons. The van der Waals surface area contributed by atoms with Gasteiger partial charge in [-0.2, -0.15) is 0 Å². The summed E-state index contributed by atoms with van der Waals surface area (Å²) in [7, 11) is 0. The van der Waals surface area contributed by atoms with E-state index in [4.69, 9.17) is 15.3 Å². The summed E-state index contributed by atoms with van der Waals surface area (Å²) in [4.78, 5) is 38.5. The van der Waals surface area contributed by atoms with Crippen LogP contribution in [0.2, 0.25) is 0 Å². The molecule has 10 heteroatoms. The fraction of sp³-hybridized carbons (Fsp3) is 0.812. The summed E-state index contributed by atoms with van der Waals surface area (Å²) in [6, 6.07) is 0. The van der Waals surface area contributed by atoms with Gasteiger partial charge in [0.2, 0.25) is 0 Å². The van der Waals surface area contributed by atoms with Gasteiger partial charge in [-0.3, -0.25) is 29.1 Å². The third-order valence-electron chi connectivity index (χ3n) is 4.19. The lowest BCUT2D eigenvalue weighted by Crippen LogP contribution is -2.43. The first-order chi connectivity index (χ1) is 12.4. The minimum atomic E-state index is -0.928. The second kappa shape index (κ2) is 12.6. The Morgan fingerprint density at radius 1 is 0.615 bits per heavy atom. The molecule has 1 saturated heterocycles. The van der Waals surface area contributed by atoms with Crippen molar-refractivity contribution in [2.24, 2.45) is 0 Å². The predicted octanol–water partition coefficient (Wildman–Crippen LogP) is -1.47. The van der Waals surface area contributed by atoms with Crippen LogP contribution in [0.15, 0.2) is 0 Å². The lowest BCUT2D eigenvalue weighted by molar-refractivity contribution is -0.140. The number of nitrogens with zero attached hydrogens (tertiary/aromatic N) is 3. The third-order valence-corrected chi connectivity index (χ3v) is 4.19. The van der Waals surface area contributed by atoms with Crippen molar-refractivity contribution in [2.45, 2.75) is 12.8 Å². The molecule has 1 aliphatic heterocycles. The fourth-order valence-corrected chi connectivity index (χ4v) is 2.97. The van der Waals surface area contributed by atoms with Gasteiger partial charge in [-0.05, 0) is 25.9 Å². The van der Waals surface area contributed by atoms with Gasteiger partial charge in [-0.15, -0.1) is 0 Å². The van der Waals surface area contributed by atoms with E-state index in [1.165, 1.54) is 0 Å². The van der Waals surface area contributed by atoms with E-state index in [-0.39, 0.29) is 19.6 Å². The Kier molecular flexibility index (Phi) is 10.8. The molecule has 0 spiro atoms. The molecule has 0 aromatic heterocycles. The summed E-state index contributed by atoms with van der Waals surface area (Å²) in [5, 5.41) is 30.4. The van der Waals surface area contributed by atoms with E-state index in [9.17, 15) is 14.4 Å². The third kappa shape index (κ3) is 11.0. The number of nitrogens with one attached hydrogen (secondary N) is 1. The van der Waals surface area contributed by atoms with Crippen LogP contribution in [0.1, 0.15) is 12.8 Å². The molecule has 0 saturated carbocycles. The van der Waals surface area contributed by atoms with Gasteiger partial charge >= 0.3 is 17.9 Å². The summed E-state index contributed by atoms with van der Waals surface area (Å²) < 4.78 is 0. The van der Waals surface area contributed by atoms with E-state index in [1.807, 2.05) is 9.80 Å². The number of hydrogen-bond acceptors (Lipinski definition) is 7. The number of carboxylic acids is 3. The molecule has 0 aromatic carbocycles. The van der Waals surface area contributed by atoms with Gasteiger partial charge in [0, 0.05) is 39.3 Å². The maximum Gasteiger partial charge on any atom is 0.317 e. The van der Waals surface area contributed by atoms with Crippen molar-refractivity contribution in [3.8, 4) is 0 Å². The molecule has 1 heterocycles. The normalized spacial score (nSPS) is 20.3. The van der Waals surface area contributed by atoms with Crippen LogP contribution in [-0.4, -0.2) is 120 Å². The van der Waals surface area contributed by atoms with Gasteiger partial charge in [0.1, 0.15) is 0 Å². The molecule has 0 atom stereocenters. The van der Waals surface area contributed by atoms with Gasteiger partial charge in [-0.25, -0.2) is 0 Å². The van der Waals surface area contributed by atoms with E-state index in [2.05, 4.69) is 5.32 Å². The highest BCUT2D eigenvalue weighted by atomic mass is 16.4. The number of hydrogen-bond donors (Lipinski definition) is 4. The highest BCUT2D eigenvalue weighted by molar-refractivity contribution is 5.69.